The SMILES string of the molecule is CN(C)C(=O)N1CCN(Cc2cccc(Cn3cccn3)c2)CC1. The lowest BCUT2D eigenvalue weighted by atomic mass is 10.1. The Kier molecular flexibility index (Phi) is 5.15. The molecular formula is C18H25N5O. The van der Waals surface area contributed by atoms with E-state index in [9.17, 15) is 4.79 Å². The fraction of sp³-hybridized carbons (Fsp3) is 0.444. The lowest BCUT2D eigenvalue weighted by Crippen LogP contribution is -2.51. The maximum Gasteiger partial charge on any atom is 0.319 e. The van der Waals surface area contributed by atoms with Crippen molar-refractivity contribution < 1.29 is 4.79 Å². The third-order valence-corrected chi connectivity index (χ3v) is 4.33. The van der Waals surface area contributed by atoms with E-state index in [-0.39, 0.29) is 6.03 Å². The molecule has 1 aliphatic rings. The minimum absolute atomic E-state index is 0.107. The Morgan fingerprint density at radius 2 is 1.79 bits per heavy atom. The third-order valence-electron chi connectivity index (χ3n) is 4.33. The summed E-state index contributed by atoms with van der Waals surface area (Å²) in [5.74, 6) is 0. The van der Waals surface area contributed by atoms with E-state index < -0.39 is 0 Å². The second-order valence-electron chi connectivity index (χ2n) is 6.46. The van der Waals surface area contributed by atoms with Crippen LogP contribution in [-0.4, -0.2) is 70.8 Å². The minimum Gasteiger partial charge on any atom is -0.331 e. The van der Waals surface area contributed by atoms with Crippen molar-refractivity contribution in [3.63, 3.8) is 0 Å². The van der Waals surface area contributed by atoms with Crippen LogP contribution in [-0.2, 0) is 13.1 Å². The molecule has 2 amide bonds. The van der Waals surface area contributed by atoms with Gasteiger partial charge >= 0.3 is 6.03 Å². The fourth-order valence-corrected chi connectivity index (χ4v) is 3.05. The first-order valence-corrected chi connectivity index (χ1v) is 8.35. The van der Waals surface area contributed by atoms with Gasteiger partial charge in [0.15, 0.2) is 0 Å². The van der Waals surface area contributed by atoms with E-state index in [1.807, 2.05) is 21.8 Å². The molecule has 0 bridgehead atoms. The Morgan fingerprint density at radius 1 is 1.08 bits per heavy atom. The fourth-order valence-electron chi connectivity index (χ4n) is 3.05. The van der Waals surface area contributed by atoms with Crippen molar-refractivity contribution >= 4 is 6.03 Å². The number of urea groups is 1. The molecule has 1 aromatic heterocycles. The number of rotatable bonds is 4. The van der Waals surface area contributed by atoms with Gasteiger partial charge in [0.25, 0.3) is 0 Å². The maximum atomic E-state index is 12.0. The van der Waals surface area contributed by atoms with Crippen molar-refractivity contribution in [2.24, 2.45) is 0 Å². The first-order chi connectivity index (χ1) is 11.6. The molecular weight excluding hydrogens is 302 g/mol. The predicted molar refractivity (Wildman–Crippen MR) is 93.7 cm³/mol. The Labute approximate surface area is 143 Å². The molecule has 128 valence electrons. The lowest BCUT2D eigenvalue weighted by molar-refractivity contribution is 0.120. The summed E-state index contributed by atoms with van der Waals surface area (Å²) in [6.07, 6.45) is 3.78. The largest absolute Gasteiger partial charge is 0.331 e. The first kappa shape index (κ1) is 16.5. The van der Waals surface area contributed by atoms with E-state index in [0.717, 1.165) is 39.3 Å². The zero-order chi connectivity index (χ0) is 16.9. The Hall–Kier alpha value is -2.34. The number of carbonyl (C=O) groups is 1. The van der Waals surface area contributed by atoms with Gasteiger partial charge in [-0.15, -0.1) is 0 Å². The maximum absolute atomic E-state index is 12.0. The minimum atomic E-state index is 0.107. The average Bonchev–Trinajstić information content (AvgIpc) is 3.08. The van der Waals surface area contributed by atoms with Gasteiger partial charge in [-0.25, -0.2) is 4.79 Å². The van der Waals surface area contributed by atoms with Crippen LogP contribution in [0.2, 0.25) is 0 Å². The van der Waals surface area contributed by atoms with Gasteiger partial charge in [0.2, 0.25) is 0 Å². The second-order valence-corrected chi connectivity index (χ2v) is 6.46. The van der Waals surface area contributed by atoms with Crippen LogP contribution in [0.25, 0.3) is 0 Å². The number of amides is 2. The summed E-state index contributed by atoms with van der Waals surface area (Å²) in [6, 6.07) is 10.7. The van der Waals surface area contributed by atoms with Gasteiger partial charge in [0.05, 0.1) is 6.54 Å². The van der Waals surface area contributed by atoms with Crippen LogP contribution in [0, 0.1) is 0 Å². The van der Waals surface area contributed by atoms with E-state index in [1.165, 1.54) is 11.1 Å². The number of nitrogens with zero attached hydrogens (tertiary/aromatic N) is 5. The molecule has 0 unspecified atom stereocenters. The topological polar surface area (TPSA) is 44.6 Å². The van der Waals surface area contributed by atoms with Crippen molar-refractivity contribution in [2.75, 3.05) is 40.3 Å². The molecule has 0 aliphatic carbocycles. The van der Waals surface area contributed by atoms with Crippen LogP contribution in [0.15, 0.2) is 42.7 Å². The summed E-state index contributed by atoms with van der Waals surface area (Å²) >= 11 is 0. The molecule has 1 fully saturated rings. The molecule has 0 atom stereocenters. The van der Waals surface area contributed by atoms with E-state index in [0.29, 0.717) is 0 Å². The molecule has 1 aromatic carbocycles. The molecule has 6 heteroatoms. The summed E-state index contributed by atoms with van der Waals surface area (Å²) in [5, 5.41) is 4.26. The zero-order valence-electron chi connectivity index (χ0n) is 14.4. The summed E-state index contributed by atoms with van der Waals surface area (Å²) in [4.78, 5) is 18.0. The molecule has 1 aliphatic heterocycles. The number of hydrogen-bond acceptors (Lipinski definition) is 3. The van der Waals surface area contributed by atoms with Gasteiger partial charge in [-0.05, 0) is 17.2 Å². The molecule has 6 nitrogen and oxygen atoms in total. The van der Waals surface area contributed by atoms with Crippen molar-refractivity contribution in [2.45, 2.75) is 13.1 Å². The van der Waals surface area contributed by atoms with E-state index in [1.54, 1.807) is 25.2 Å². The molecule has 2 heterocycles. The summed E-state index contributed by atoms with van der Waals surface area (Å²) < 4.78 is 1.94. The molecule has 2 aromatic rings. The molecule has 0 spiro atoms. The Balaban J connectivity index is 1.54. The van der Waals surface area contributed by atoms with Crippen LogP contribution in [0.1, 0.15) is 11.1 Å². The smallest absolute Gasteiger partial charge is 0.319 e. The van der Waals surface area contributed by atoms with Gasteiger partial charge in [-0.1, -0.05) is 24.3 Å². The van der Waals surface area contributed by atoms with Crippen LogP contribution in [0.3, 0.4) is 0 Å². The Morgan fingerprint density at radius 3 is 2.42 bits per heavy atom. The number of piperazine rings is 1. The van der Waals surface area contributed by atoms with E-state index in [2.05, 4.69) is 34.3 Å². The molecule has 0 saturated carbocycles. The number of hydrogen-bond donors (Lipinski definition) is 0. The average molecular weight is 327 g/mol. The highest BCUT2D eigenvalue weighted by molar-refractivity contribution is 5.73. The standard InChI is InChI=1S/C18H25N5O/c1-20(2)18(24)22-11-9-21(10-12-22)14-16-5-3-6-17(13-16)15-23-8-4-7-19-23/h3-8,13H,9-12,14-15H2,1-2H3. The molecule has 1 saturated heterocycles. The van der Waals surface area contributed by atoms with Gasteiger partial charge in [0, 0.05) is 59.2 Å². The van der Waals surface area contributed by atoms with E-state index in [4.69, 9.17) is 0 Å². The van der Waals surface area contributed by atoms with Gasteiger partial charge in [-0.2, -0.15) is 5.10 Å². The summed E-state index contributed by atoms with van der Waals surface area (Å²) in [5.41, 5.74) is 2.57. The quantitative estimate of drug-likeness (QED) is 0.859. The predicted octanol–water partition coefficient (Wildman–Crippen LogP) is 1.73. The molecule has 0 N–H and O–H groups in total. The van der Waals surface area contributed by atoms with Crippen LogP contribution in [0.4, 0.5) is 4.79 Å². The van der Waals surface area contributed by atoms with Gasteiger partial charge in [-0.3, -0.25) is 9.58 Å². The van der Waals surface area contributed by atoms with Crippen molar-refractivity contribution in [3.8, 4) is 0 Å². The van der Waals surface area contributed by atoms with Crippen molar-refractivity contribution in [1.82, 2.24) is 24.5 Å². The monoisotopic (exact) mass is 327 g/mol. The number of aromatic nitrogens is 2. The van der Waals surface area contributed by atoms with Crippen molar-refractivity contribution in [3.05, 3.63) is 53.9 Å². The normalized spacial score (nSPS) is 15.5. The molecule has 3 rings (SSSR count). The van der Waals surface area contributed by atoms with Crippen LogP contribution in [0.5, 0.6) is 0 Å². The van der Waals surface area contributed by atoms with E-state index >= 15 is 0 Å². The summed E-state index contributed by atoms with van der Waals surface area (Å²) in [6.45, 7) is 5.16. The zero-order valence-corrected chi connectivity index (χ0v) is 14.4. The highest BCUT2D eigenvalue weighted by atomic mass is 16.2. The molecule has 24 heavy (non-hydrogen) atoms. The van der Waals surface area contributed by atoms with Gasteiger partial charge < -0.3 is 9.80 Å². The Bertz CT molecular complexity index is 660. The first-order valence-electron chi connectivity index (χ1n) is 8.35. The summed E-state index contributed by atoms with van der Waals surface area (Å²) in [7, 11) is 3.61. The highest BCUT2D eigenvalue weighted by Crippen LogP contribution is 2.12. The number of benzene rings is 1. The third kappa shape index (κ3) is 4.14. The van der Waals surface area contributed by atoms with Gasteiger partial charge in [0.1, 0.15) is 0 Å². The molecule has 0 radical (unpaired) electrons. The number of carbonyl (C=O) groups excluding carboxylic acids is 1. The van der Waals surface area contributed by atoms with Crippen LogP contribution >= 0.6 is 0 Å². The highest BCUT2D eigenvalue weighted by Gasteiger charge is 2.22. The lowest BCUT2D eigenvalue weighted by Gasteiger charge is -2.36. The van der Waals surface area contributed by atoms with Crippen molar-refractivity contribution in [1.29, 1.82) is 0 Å². The van der Waals surface area contributed by atoms with Crippen LogP contribution < -0.4 is 0 Å². The second kappa shape index (κ2) is 7.49.